The Morgan fingerprint density at radius 3 is 1.77 bits per heavy atom. The molecule has 0 aromatic heterocycles. The standard InChI is InChI=1S/C12H25N/c1-10(2)13-11(3)8-6-5-7-9-12(13)4/h10-12H,5-9H2,1-4H3. The maximum absolute atomic E-state index is 2.69. The molecule has 1 rings (SSSR count). The molecule has 78 valence electrons. The molecule has 1 aliphatic rings. The highest BCUT2D eigenvalue weighted by Crippen LogP contribution is 2.22. The fraction of sp³-hybridized carbons (Fsp3) is 1.00. The van der Waals surface area contributed by atoms with E-state index in [1.54, 1.807) is 0 Å². The summed E-state index contributed by atoms with van der Waals surface area (Å²) in [5, 5.41) is 0. The molecule has 0 bridgehead atoms. The molecule has 1 aliphatic heterocycles. The molecule has 0 radical (unpaired) electrons. The lowest BCUT2D eigenvalue weighted by Gasteiger charge is -2.39. The molecule has 0 amide bonds. The van der Waals surface area contributed by atoms with Crippen molar-refractivity contribution in [2.75, 3.05) is 0 Å². The molecule has 0 N–H and O–H groups in total. The molecule has 2 unspecified atom stereocenters. The molecule has 2 atom stereocenters. The molecule has 1 nitrogen and oxygen atoms in total. The quantitative estimate of drug-likeness (QED) is 0.602. The van der Waals surface area contributed by atoms with Crippen molar-refractivity contribution >= 4 is 0 Å². The first-order valence-electron chi connectivity index (χ1n) is 5.90. The minimum atomic E-state index is 0.711. The lowest BCUT2D eigenvalue weighted by atomic mass is 9.97. The van der Waals surface area contributed by atoms with Crippen LogP contribution in [0.5, 0.6) is 0 Å². The topological polar surface area (TPSA) is 3.24 Å². The third-order valence-electron chi connectivity index (χ3n) is 3.36. The van der Waals surface area contributed by atoms with E-state index in [0.717, 1.165) is 12.1 Å². The van der Waals surface area contributed by atoms with Crippen molar-refractivity contribution in [1.29, 1.82) is 0 Å². The van der Waals surface area contributed by atoms with Crippen molar-refractivity contribution in [2.45, 2.75) is 77.9 Å². The molecule has 1 heterocycles. The van der Waals surface area contributed by atoms with Crippen LogP contribution in [-0.4, -0.2) is 23.0 Å². The molecule has 1 fully saturated rings. The smallest absolute Gasteiger partial charge is 0.00724 e. The van der Waals surface area contributed by atoms with Crippen LogP contribution in [0.4, 0.5) is 0 Å². The maximum Gasteiger partial charge on any atom is 0.00724 e. The normalized spacial score (nSPS) is 33.0. The largest absolute Gasteiger partial charge is 0.296 e. The number of hydrogen-bond donors (Lipinski definition) is 0. The third kappa shape index (κ3) is 2.98. The van der Waals surface area contributed by atoms with Gasteiger partial charge in [-0.15, -0.1) is 0 Å². The van der Waals surface area contributed by atoms with Crippen LogP contribution < -0.4 is 0 Å². The van der Waals surface area contributed by atoms with Gasteiger partial charge in [-0.05, 0) is 40.5 Å². The van der Waals surface area contributed by atoms with Gasteiger partial charge in [0, 0.05) is 18.1 Å². The molecule has 0 spiro atoms. The van der Waals surface area contributed by atoms with Gasteiger partial charge in [0.25, 0.3) is 0 Å². The average molecular weight is 183 g/mol. The van der Waals surface area contributed by atoms with Gasteiger partial charge in [0.05, 0.1) is 0 Å². The Bertz CT molecular complexity index is 130. The second-order valence-electron chi connectivity index (χ2n) is 4.88. The van der Waals surface area contributed by atoms with Crippen LogP contribution in [0.3, 0.4) is 0 Å². The van der Waals surface area contributed by atoms with Crippen LogP contribution in [0.1, 0.15) is 59.8 Å². The van der Waals surface area contributed by atoms with E-state index in [0.29, 0.717) is 6.04 Å². The highest BCUT2D eigenvalue weighted by molar-refractivity contribution is 4.78. The minimum Gasteiger partial charge on any atom is -0.296 e. The Kier molecular flexibility index (Phi) is 4.24. The molecule has 13 heavy (non-hydrogen) atoms. The summed E-state index contributed by atoms with van der Waals surface area (Å²) in [5.41, 5.74) is 0. The van der Waals surface area contributed by atoms with E-state index < -0.39 is 0 Å². The van der Waals surface area contributed by atoms with Crippen LogP contribution in [0.25, 0.3) is 0 Å². The second-order valence-corrected chi connectivity index (χ2v) is 4.88. The highest BCUT2D eigenvalue weighted by Gasteiger charge is 2.23. The number of rotatable bonds is 1. The van der Waals surface area contributed by atoms with Gasteiger partial charge >= 0.3 is 0 Å². The van der Waals surface area contributed by atoms with Gasteiger partial charge < -0.3 is 0 Å². The van der Waals surface area contributed by atoms with Crippen LogP contribution in [0.15, 0.2) is 0 Å². The van der Waals surface area contributed by atoms with Gasteiger partial charge in [-0.25, -0.2) is 0 Å². The van der Waals surface area contributed by atoms with Gasteiger partial charge in [-0.1, -0.05) is 19.3 Å². The van der Waals surface area contributed by atoms with Crippen molar-refractivity contribution in [3.05, 3.63) is 0 Å². The molecule has 1 heteroatoms. The van der Waals surface area contributed by atoms with Crippen LogP contribution >= 0.6 is 0 Å². The Balaban J connectivity index is 2.59. The lowest BCUT2D eigenvalue weighted by molar-refractivity contribution is 0.0899. The maximum atomic E-state index is 2.69. The van der Waals surface area contributed by atoms with Crippen molar-refractivity contribution in [3.63, 3.8) is 0 Å². The fourth-order valence-electron chi connectivity index (χ4n) is 2.81. The van der Waals surface area contributed by atoms with Crippen molar-refractivity contribution in [3.8, 4) is 0 Å². The van der Waals surface area contributed by atoms with E-state index in [4.69, 9.17) is 0 Å². The zero-order valence-corrected chi connectivity index (χ0v) is 9.71. The fourth-order valence-corrected chi connectivity index (χ4v) is 2.81. The summed E-state index contributed by atoms with van der Waals surface area (Å²) in [6.45, 7) is 9.44. The predicted octanol–water partition coefficient (Wildman–Crippen LogP) is 3.44. The number of likely N-dealkylation sites (tertiary alicyclic amines) is 1. The van der Waals surface area contributed by atoms with E-state index >= 15 is 0 Å². The Morgan fingerprint density at radius 1 is 0.923 bits per heavy atom. The molecule has 0 aromatic carbocycles. The molecule has 1 saturated heterocycles. The second kappa shape index (κ2) is 4.99. The third-order valence-corrected chi connectivity index (χ3v) is 3.36. The molecule has 0 aliphatic carbocycles. The van der Waals surface area contributed by atoms with Crippen LogP contribution in [-0.2, 0) is 0 Å². The minimum absolute atomic E-state index is 0.711. The Morgan fingerprint density at radius 2 is 1.38 bits per heavy atom. The van der Waals surface area contributed by atoms with E-state index in [-0.39, 0.29) is 0 Å². The zero-order valence-electron chi connectivity index (χ0n) is 9.71. The highest BCUT2D eigenvalue weighted by atomic mass is 15.2. The number of hydrogen-bond acceptors (Lipinski definition) is 1. The summed E-state index contributed by atoms with van der Waals surface area (Å²) in [6.07, 6.45) is 7.08. The zero-order chi connectivity index (χ0) is 9.84. The summed E-state index contributed by atoms with van der Waals surface area (Å²) >= 11 is 0. The van der Waals surface area contributed by atoms with Crippen LogP contribution in [0.2, 0.25) is 0 Å². The van der Waals surface area contributed by atoms with Crippen molar-refractivity contribution < 1.29 is 0 Å². The van der Waals surface area contributed by atoms with E-state index in [1.165, 1.54) is 32.1 Å². The van der Waals surface area contributed by atoms with Gasteiger partial charge in [-0.3, -0.25) is 4.90 Å². The van der Waals surface area contributed by atoms with Crippen molar-refractivity contribution in [1.82, 2.24) is 4.90 Å². The monoisotopic (exact) mass is 183 g/mol. The van der Waals surface area contributed by atoms with Crippen molar-refractivity contribution in [2.24, 2.45) is 0 Å². The van der Waals surface area contributed by atoms with Gasteiger partial charge in [0.2, 0.25) is 0 Å². The summed E-state index contributed by atoms with van der Waals surface area (Å²) in [5.74, 6) is 0. The lowest BCUT2D eigenvalue weighted by Crippen LogP contribution is -2.45. The first kappa shape index (κ1) is 11.0. The molecular weight excluding hydrogens is 158 g/mol. The first-order chi connectivity index (χ1) is 6.13. The number of nitrogens with zero attached hydrogens (tertiary/aromatic N) is 1. The summed E-state index contributed by atoms with van der Waals surface area (Å²) < 4.78 is 0. The van der Waals surface area contributed by atoms with Gasteiger partial charge in [0.15, 0.2) is 0 Å². The average Bonchev–Trinajstić information content (AvgIpc) is 2.00. The summed E-state index contributed by atoms with van der Waals surface area (Å²) in [4.78, 5) is 2.69. The Hall–Kier alpha value is -0.0400. The SMILES string of the molecule is CC(C)N1C(C)CCCCCC1C. The summed E-state index contributed by atoms with van der Waals surface area (Å²) in [7, 11) is 0. The van der Waals surface area contributed by atoms with Gasteiger partial charge in [-0.2, -0.15) is 0 Å². The summed E-state index contributed by atoms with van der Waals surface area (Å²) in [6, 6.07) is 2.29. The van der Waals surface area contributed by atoms with Gasteiger partial charge in [0.1, 0.15) is 0 Å². The van der Waals surface area contributed by atoms with E-state index in [1.807, 2.05) is 0 Å². The van der Waals surface area contributed by atoms with E-state index in [2.05, 4.69) is 32.6 Å². The van der Waals surface area contributed by atoms with E-state index in [9.17, 15) is 0 Å². The predicted molar refractivity (Wildman–Crippen MR) is 59.0 cm³/mol. The molecule has 0 saturated carbocycles. The first-order valence-corrected chi connectivity index (χ1v) is 5.90. The Labute approximate surface area is 83.5 Å². The molecule has 0 aromatic rings. The van der Waals surface area contributed by atoms with Crippen LogP contribution in [0, 0.1) is 0 Å². The molecular formula is C12H25N.